The highest BCUT2D eigenvalue weighted by Crippen LogP contribution is 2.19. The van der Waals surface area contributed by atoms with Crippen molar-refractivity contribution in [1.29, 1.82) is 0 Å². The molecule has 2 amide bonds. The Hall–Kier alpha value is -3.12. The summed E-state index contributed by atoms with van der Waals surface area (Å²) in [5, 5.41) is 5.69. The van der Waals surface area contributed by atoms with E-state index in [0.717, 1.165) is 15.7 Å². The first-order valence-corrected chi connectivity index (χ1v) is 9.92. The van der Waals surface area contributed by atoms with Crippen molar-refractivity contribution >= 4 is 39.1 Å². The fourth-order valence-corrected chi connectivity index (χ4v) is 2.89. The molecule has 0 aliphatic carbocycles. The van der Waals surface area contributed by atoms with Gasteiger partial charge in [0, 0.05) is 21.4 Å². The average molecular weight is 453 g/mol. The van der Waals surface area contributed by atoms with Crippen molar-refractivity contribution in [3.8, 4) is 5.75 Å². The lowest BCUT2D eigenvalue weighted by Gasteiger charge is -2.15. The Labute approximate surface area is 178 Å². The highest BCUT2D eigenvalue weighted by atomic mass is 79.9. The first-order valence-electron chi connectivity index (χ1n) is 9.12. The van der Waals surface area contributed by atoms with Gasteiger partial charge in [-0.3, -0.25) is 9.59 Å². The van der Waals surface area contributed by atoms with E-state index >= 15 is 0 Å². The summed E-state index contributed by atoms with van der Waals surface area (Å²) in [5.74, 6) is 0.0523. The third-order valence-corrected chi connectivity index (χ3v) is 4.83. The van der Waals surface area contributed by atoms with Crippen molar-refractivity contribution in [3.63, 3.8) is 0 Å². The number of nitrogens with one attached hydrogen (secondary N) is 2. The third kappa shape index (κ3) is 5.68. The number of halogens is 1. The van der Waals surface area contributed by atoms with Crippen molar-refractivity contribution < 1.29 is 14.3 Å². The SMILES string of the molecule is Cc1ccccc1NC(=O)c1ccc(OC(C)C(=O)Nc2ccc(Br)cc2)cc1. The minimum Gasteiger partial charge on any atom is -0.481 e. The van der Waals surface area contributed by atoms with Crippen LogP contribution in [0.15, 0.2) is 77.3 Å². The second-order valence-electron chi connectivity index (χ2n) is 6.55. The van der Waals surface area contributed by atoms with Gasteiger partial charge in [-0.1, -0.05) is 34.1 Å². The summed E-state index contributed by atoms with van der Waals surface area (Å²) in [6, 6.07) is 21.6. The van der Waals surface area contributed by atoms with Crippen LogP contribution in [-0.2, 0) is 4.79 Å². The lowest BCUT2D eigenvalue weighted by atomic mass is 10.1. The molecule has 0 saturated carbocycles. The predicted octanol–water partition coefficient (Wildman–Crippen LogP) is 5.42. The molecule has 0 spiro atoms. The van der Waals surface area contributed by atoms with Crippen molar-refractivity contribution in [2.75, 3.05) is 10.6 Å². The van der Waals surface area contributed by atoms with E-state index in [0.29, 0.717) is 17.0 Å². The van der Waals surface area contributed by atoms with E-state index in [9.17, 15) is 9.59 Å². The Morgan fingerprint density at radius 3 is 2.21 bits per heavy atom. The van der Waals surface area contributed by atoms with Crippen LogP contribution in [0.5, 0.6) is 5.75 Å². The highest BCUT2D eigenvalue weighted by molar-refractivity contribution is 9.10. The Morgan fingerprint density at radius 1 is 0.897 bits per heavy atom. The molecule has 6 heteroatoms. The topological polar surface area (TPSA) is 67.4 Å². The Balaban J connectivity index is 1.58. The molecule has 1 unspecified atom stereocenters. The van der Waals surface area contributed by atoms with Crippen LogP contribution in [0.1, 0.15) is 22.8 Å². The number of benzene rings is 3. The van der Waals surface area contributed by atoms with Gasteiger partial charge in [0.05, 0.1) is 0 Å². The molecular weight excluding hydrogens is 432 g/mol. The number of hydrogen-bond acceptors (Lipinski definition) is 3. The normalized spacial score (nSPS) is 11.4. The Kier molecular flexibility index (Phi) is 6.67. The van der Waals surface area contributed by atoms with Gasteiger partial charge in [-0.25, -0.2) is 0 Å². The molecule has 0 aliphatic rings. The summed E-state index contributed by atoms with van der Waals surface area (Å²) in [7, 11) is 0. The summed E-state index contributed by atoms with van der Waals surface area (Å²) in [4.78, 5) is 24.7. The number of aryl methyl sites for hydroxylation is 1. The van der Waals surface area contributed by atoms with Crippen LogP contribution in [0, 0.1) is 6.92 Å². The number of carbonyl (C=O) groups excluding carboxylic acids is 2. The standard InChI is InChI=1S/C23H21BrN2O3/c1-15-5-3-4-6-21(15)26-23(28)17-7-13-20(14-8-17)29-16(2)22(27)25-19-11-9-18(24)10-12-19/h3-14,16H,1-2H3,(H,25,27)(H,26,28). The van der Waals surface area contributed by atoms with Gasteiger partial charge in [0.25, 0.3) is 11.8 Å². The van der Waals surface area contributed by atoms with E-state index in [2.05, 4.69) is 26.6 Å². The zero-order valence-electron chi connectivity index (χ0n) is 16.1. The van der Waals surface area contributed by atoms with Crippen molar-refractivity contribution in [2.24, 2.45) is 0 Å². The van der Waals surface area contributed by atoms with Gasteiger partial charge in [0.1, 0.15) is 5.75 Å². The lowest BCUT2D eigenvalue weighted by Crippen LogP contribution is -2.30. The van der Waals surface area contributed by atoms with E-state index in [4.69, 9.17) is 4.74 Å². The number of hydrogen-bond donors (Lipinski definition) is 2. The number of rotatable bonds is 6. The predicted molar refractivity (Wildman–Crippen MR) is 118 cm³/mol. The molecule has 29 heavy (non-hydrogen) atoms. The van der Waals surface area contributed by atoms with Gasteiger partial charge in [0.2, 0.25) is 0 Å². The monoisotopic (exact) mass is 452 g/mol. The summed E-state index contributed by atoms with van der Waals surface area (Å²) in [6.07, 6.45) is -0.690. The van der Waals surface area contributed by atoms with Crippen LogP contribution in [0.2, 0.25) is 0 Å². The van der Waals surface area contributed by atoms with Crippen molar-refractivity contribution in [3.05, 3.63) is 88.4 Å². The van der Waals surface area contributed by atoms with Gasteiger partial charge in [0.15, 0.2) is 6.10 Å². The number of carbonyl (C=O) groups is 2. The fraction of sp³-hybridized carbons (Fsp3) is 0.130. The molecule has 0 bridgehead atoms. The lowest BCUT2D eigenvalue weighted by molar-refractivity contribution is -0.122. The maximum Gasteiger partial charge on any atom is 0.265 e. The summed E-state index contributed by atoms with van der Waals surface area (Å²) in [5.41, 5.74) is 2.96. The molecule has 3 rings (SSSR count). The zero-order chi connectivity index (χ0) is 20.8. The van der Waals surface area contributed by atoms with E-state index in [-0.39, 0.29) is 11.8 Å². The summed E-state index contributed by atoms with van der Waals surface area (Å²) in [6.45, 7) is 3.61. The van der Waals surface area contributed by atoms with Crippen molar-refractivity contribution in [1.82, 2.24) is 0 Å². The quantitative estimate of drug-likeness (QED) is 0.524. The fourth-order valence-electron chi connectivity index (χ4n) is 2.63. The van der Waals surface area contributed by atoms with E-state index in [1.807, 2.05) is 43.3 Å². The van der Waals surface area contributed by atoms with Gasteiger partial charge in [-0.05, 0) is 74.0 Å². The molecule has 1 atom stereocenters. The van der Waals surface area contributed by atoms with Crippen LogP contribution in [0.25, 0.3) is 0 Å². The molecule has 3 aromatic carbocycles. The Bertz CT molecular complexity index is 1000. The molecule has 0 fully saturated rings. The highest BCUT2D eigenvalue weighted by Gasteiger charge is 2.15. The zero-order valence-corrected chi connectivity index (χ0v) is 17.7. The van der Waals surface area contributed by atoms with Gasteiger partial charge in [-0.2, -0.15) is 0 Å². The van der Waals surface area contributed by atoms with Crippen LogP contribution >= 0.6 is 15.9 Å². The molecule has 0 aliphatic heterocycles. The molecule has 3 aromatic rings. The summed E-state index contributed by atoms with van der Waals surface area (Å²) < 4.78 is 6.63. The van der Waals surface area contributed by atoms with Crippen molar-refractivity contribution in [2.45, 2.75) is 20.0 Å². The Morgan fingerprint density at radius 2 is 1.55 bits per heavy atom. The molecular formula is C23H21BrN2O3. The smallest absolute Gasteiger partial charge is 0.265 e. The van der Waals surface area contributed by atoms with E-state index in [1.54, 1.807) is 43.3 Å². The van der Waals surface area contributed by atoms with Crippen LogP contribution < -0.4 is 15.4 Å². The average Bonchev–Trinajstić information content (AvgIpc) is 2.72. The molecule has 148 valence electrons. The molecule has 0 saturated heterocycles. The molecule has 0 radical (unpaired) electrons. The number of amides is 2. The number of para-hydroxylation sites is 1. The van der Waals surface area contributed by atoms with Crippen LogP contribution in [0.3, 0.4) is 0 Å². The minimum atomic E-state index is -0.690. The third-order valence-electron chi connectivity index (χ3n) is 4.30. The molecule has 2 N–H and O–H groups in total. The molecule has 0 heterocycles. The summed E-state index contributed by atoms with van der Waals surface area (Å²) >= 11 is 3.36. The molecule has 0 aromatic heterocycles. The first kappa shape index (κ1) is 20.6. The van der Waals surface area contributed by atoms with E-state index < -0.39 is 6.10 Å². The number of anilines is 2. The van der Waals surface area contributed by atoms with E-state index in [1.165, 1.54) is 0 Å². The first-order chi connectivity index (χ1) is 13.9. The van der Waals surface area contributed by atoms with Gasteiger partial charge < -0.3 is 15.4 Å². The number of ether oxygens (including phenoxy) is 1. The van der Waals surface area contributed by atoms with Crippen LogP contribution in [-0.4, -0.2) is 17.9 Å². The maximum atomic E-state index is 12.4. The van der Waals surface area contributed by atoms with Gasteiger partial charge >= 0.3 is 0 Å². The second-order valence-corrected chi connectivity index (χ2v) is 7.47. The molecule has 5 nitrogen and oxygen atoms in total. The largest absolute Gasteiger partial charge is 0.481 e. The minimum absolute atomic E-state index is 0.202. The second kappa shape index (κ2) is 9.39. The van der Waals surface area contributed by atoms with Crippen LogP contribution in [0.4, 0.5) is 11.4 Å². The maximum absolute atomic E-state index is 12.4. The van der Waals surface area contributed by atoms with Gasteiger partial charge in [-0.15, -0.1) is 0 Å².